The zero-order valence-electron chi connectivity index (χ0n) is 20.8. The van der Waals surface area contributed by atoms with Crippen molar-refractivity contribution in [3.63, 3.8) is 0 Å². The van der Waals surface area contributed by atoms with Crippen molar-refractivity contribution in [3.05, 3.63) is 94.1 Å². The third-order valence-corrected chi connectivity index (χ3v) is 5.99. The molecule has 204 valence electrons. The predicted molar refractivity (Wildman–Crippen MR) is 143 cm³/mol. The molecule has 0 bridgehead atoms. The average Bonchev–Trinajstić information content (AvgIpc) is 2.93. The normalized spacial score (nSPS) is 11.6. The van der Waals surface area contributed by atoms with Crippen LogP contribution in [0.1, 0.15) is 43.7 Å². The van der Waals surface area contributed by atoms with Crippen LogP contribution in [0.25, 0.3) is 11.0 Å². The van der Waals surface area contributed by atoms with Gasteiger partial charge in [-0.05, 0) is 55.0 Å². The minimum Gasteiger partial charge on any atom is -0.508 e. The lowest BCUT2D eigenvalue weighted by molar-refractivity contribution is -0.139. The maximum atomic E-state index is 13.4. The number of para-hydroxylation sites is 2. The number of rotatable bonds is 8. The molecule has 4 aromatic rings. The molecule has 0 aliphatic carbocycles. The first-order chi connectivity index (χ1) is 19.0. The van der Waals surface area contributed by atoms with Crippen LogP contribution in [0.2, 0.25) is 5.02 Å². The third-order valence-electron chi connectivity index (χ3n) is 5.68. The van der Waals surface area contributed by atoms with Gasteiger partial charge in [0.05, 0.1) is 21.6 Å². The number of hydrazine groups is 1. The minimum atomic E-state index is -1.41. The number of nitrogens with one attached hydrogen (secondary N) is 2. The number of carboxylic acids is 1. The lowest BCUT2D eigenvalue weighted by Crippen LogP contribution is -2.53. The van der Waals surface area contributed by atoms with Gasteiger partial charge >= 0.3 is 5.97 Å². The van der Waals surface area contributed by atoms with Crippen molar-refractivity contribution >= 4 is 46.3 Å². The largest absolute Gasteiger partial charge is 0.508 e. The van der Waals surface area contributed by atoms with Gasteiger partial charge in [0, 0.05) is 12.1 Å². The highest BCUT2D eigenvalue weighted by atomic mass is 35.5. The Morgan fingerprint density at radius 3 is 2.27 bits per heavy atom. The van der Waals surface area contributed by atoms with Crippen LogP contribution in [0.4, 0.5) is 0 Å². The summed E-state index contributed by atoms with van der Waals surface area (Å²) in [5, 5.41) is 32.1. The summed E-state index contributed by atoms with van der Waals surface area (Å²) in [4.78, 5) is 59.0. The highest BCUT2D eigenvalue weighted by molar-refractivity contribution is 6.34. The van der Waals surface area contributed by atoms with Crippen LogP contribution in [0.5, 0.6) is 11.6 Å². The highest BCUT2D eigenvalue weighted by Gasteiger charge is 2.32. The number of halogens is 1. The maximum Gasteiger partial charge on any atom is 0.322 e. The van der Waals surface area contributed by atoms with Crippen LogP contribution in [-0.4, -0.2) is 60.0 Å². The van der Waals surface area contributed by atoms with Gasteiger partial charge in [-0.25, -0.2) is 20.4 Å². The van der Waals surface area contributed by atoms with E-state index < -0.39 is 41.3 Å². The van der Waals surface area contributed by atoms with Crippen LogP contribution in [-0.2, 0) is 11.3 Å². The van der Waals surface area contributed by atoms with Crippen LogP contribution in [0.15, 0.2) is 66.7 Å². The average molecular weight is 564 g/mol. The summed E-state index contributed by atoms with van der Waals surface area (Å²) < 4.78 is 0. The zero-order valence-corrected chi connectivity index (χ0v) is 21.6. The van der Waals surface area contributed by atoms with Crippen LogP contribution in [0, 0.1) is 0 Å². The molecule has 1 aromatic heterocycles. The fourth-order valence-electron chi connectivity index (χ4n) is 3.60. The monoisotopic (exact) mass is 563 g/mol. The predicted octanol–water partition coefficient (Wildman–Crippen LogP) is 2.88. The summed E-state index contributed by atoms with van der Waals surface area (Å²) in [7, 11) is 0. The smallest absolute Gasteiger partial charge is 0.322 e. The van der Waals surface area contributed by atoms with Crippen LogP contribution >= 0.6 is 11.6 Å². The summed E-state index contributed by atoms with van der Waals surface area (Å²) >= 11 is 6.32. The Morgan fingerprint density at radius 2 is 1.62 bits per heavy atom. The second kappa shape index (κ2) is 11.8. The summed E-state index contributed by atoms with van der Waals surface area (Å²) in [5.41, 5.74) is 2.75. The molecular weight excluding hydrogens is 542 g/mol. The van der Waals surface area contributed by atoms with Gasteiger partial charge in [0.2, 0.25) is 5.88 Å². The third kappa shape index (κ3) is 6.14. The number of carbonyl (C=O) groups is 4. The van der Waals surface area contributed by atoms with Crippen molar-refractivity contribution in [2.45, 2.75) is 19.5 Å². The van der Waals surface area contributed by atoms with Gasteiger partial charge in [-0.2, -0.15) is 0 Å². The van der Waals surface area contributed by atoms with Crippen LogP contribution in [0.3, 0.4) is 0 Å². The number of phenolic OH excluding ortho intramolecular Hbond substituents is 1. The van der Waals surface area contributed by atoms with E-state index in [0.29, 0.717) is 16.1 Å². The van der Waals surface area contributed by atoms with E-state index in [1.165, 1.54) is 37.3 Å². The summed E-state index contributed by atoms with van der Waals surface area (Å²) in [5.74, 6) is -4.86. The van der Waals surface area contributed by atoms with Gasteiger partial charge in [0.15, 0.2) is 5.69 Å². The molecule has 0 aliphatic rings. The molecule has 3 aromatic carbocycles. The number of imide groups is 1. The first-order valence-electron chi connectivity index (χ1n) is 11.7. The molecule has 1 atom stereocenters. The van der Waals surface area contributed by atoms with Crippen molar-refractivity contribution in [3.8, 4) is 11.6 Å². The Hall–Kier alpha value is -5.07. The summed E-state index contributed by atoms with van der Waals surface area (Å²) in [6.45, 7) is 1.31. The second-order valence-corrected chi connectivity index (χ2v) is 8.97. The number of phenols is 1. The lowest BCUT2D eigenvalue weighted by atomic mass is 10.1. The van der Waals surface area contributed by atoms with Crippen molar-refractivity contribution < 1.29 is 34.5 Å². The number of amides is 3. The quantitative estimate of drug-likeness (QED) is 0.158. The summed E-state index contributed by atoms with van der Waals surface area (Å²) in [6.07, 6.45) is 0. The molecule has 4 rings (SSSR count). The van der Waals surface area contributed by atoms with Gasteiger partial charge < -0.3 is 20.6 Å². The zero-order chi connectivity index (χ0) is 29.0. The molecule has 13 heteroatoms. The molecule has 12 nitrogen and oxygen atoms in total. The molecule has 5 N–H and O–H groups in total. The number of carboxylic acid groups (broad SMARTS) is 1. The molecule has 0 radical (unpaired) electrons. The molecule has 0 aliphatic heterocycles. The molecule has 0 spiro atoms. The van der Waals surface area contributed by atoms with Gasteiger partial charge in [-0.1, -0.05) is 35.9 Å². The molecule has 0 fully saturated rings. The van der Waals surface area contributed by atoms with Gasteiger partial charge in [0.25, 0.3) is 17.7 Å². The first kappa shape index (κ1) is 28.0. The number of aromatic hydroxyl groups is 2. The fraction of sp³-hybridized carbons (Fsp3) is 0.111. The van der Waals surface area contributed by atoms with Crippen molar-refractivity contribution in [1.82, 2.24) is 25.7 Å². The number of aliphatic carboxylic acids is 1. The Kier molecular flexibility index (Phi) is 8.22. The molecule has 40 heavy (non-hydrogen) atoms. The highest BCUT2D eigenvalue weighted by Crippen LogP contribution is 2.23. The minimum absolute atomic E-state index is 0.0468. The Labute approximate surface area is 231 Å². The van der Waals surface area contributed by atoms with E-state index in [1.54, 1.807) is 36.4 Å². The fourth-order valence-corrected chi connectivity index (χ4v) is 3.86. The van der Waals surface area contributed by atoms with Gasteiger partial charge in [-0.3, -0.25) is 19.2 Å². The lowest BCUT2D eigenvalue weighted by Gasteiger charge is -2.24. The molecule has 0 unspecified atom stereocenters. The maximum absolute atomic E-state index is 13.4. The Balaban J connectivity index is 1.61. The number of hydrogen-bond donors (Lipinski definition) is 5. The van der Waals surface area contributed by atoms with E-state index in [0.717, 1.165) is 0 Å². The molecular formula is C27H22ClN5O7. The number of benzene rings is 3. The topological polar surface area (TPSA) is 182 Å². The number of hydrogen-bond acceptors (Lipinski definition) is 9. The number of aromatic nitrogens is 2. The van der Waals surface area contributed by atoms with Crippen LogP contribution < -0.4 is 10.7 Å². The number of fused-ring (bicyclic) bond motifs is 1. The van der Waals surface area contributed by atoms with E-state index >= 15 is 0 Å². The standard InChI is InChI=1S/C27H22ClN5O7/c1-14(27(39)40)32-33(26(38)22-24(36)31-21-8-3-2-7-20(21)30-22)25(37)18-10-9-16(12-19(18)28)23(35)29-13-15-5-4-6-17(34)11-15/h2-12,14,32,34H,13H2,1H3,(H,29,35)(H,31,36)(H,39,40)/t14-/m0/s1. The molecule has 0 saturated heterocycles. The van der Waals surface area contributed by atoms with E-state index in [9.17, 15) is 34.5 Å². The Bertz CT molecular complexity index is 1650. The molecule has 3 amide bonds. The van der Waals surface area contributed by atoms with Gasteiger partial charge in [-0.15, -0.1) is 0 Å². The van der Waals surface area contributed by atoms with Crippen molar-refractivity contribution in [2.75, 3.05) is 0 Å². The molecule has 1 heterocycles. The first-order valence-corrected chi connectivity index (χ1v) is 12.1. The second-order valence-electron chi connectivity index (χ2n) is 8.57. The van der Waals surface area contributed by atoms with Crippen molar-refractivity contribution in [2.24, 2.45) is 0 Å². The van der Waals surface area contributed by atoms with E-state index in [1.807, 2.05) is 0 Å². The molecule has 0 saturated carbocycles. The summed E-state index contributed by atoms with van der Waals surface area (Å²) in [6, 6.07) is 15.0. The van der Waals surface area contributed by atoms with Gasteiger partial charge in [0.1, 0.15) is 11.8 Å². The van der Waals surface area contributed by atoms with E-state index in [4.69, 9.17) is 11.6 Å². The van der Waals surface area contributed by atoms with E-state index in [2.05, 4.69) is 20.7 Å². The number of nitrogens with zero attached hydrogens (tertiary/aromatic N) is 3. The Morgan fingerprint density at radius 1 is 0.925 bits per heavy atom. The van der Waals surface area contributed by atoms with E-state index in [-0.39, 0.29) is 34.0 Å². The SMILES string of the molecule is C[C@H](NN(C(=O)c1ccc(C(=O)NCc2cccc(O)c2)cc1Cl)C(=O)c1nc2ccccc2nc1O)C(=O)O. The number of carbonyl (C=O) groups excluding carboxylic acids is 3. The van der Waals surface area contributed by atoms with Crippen molar-refractivity contribution in [1.29, 1.82) is 0 Å².